The van der Waals surface area contributed by atoms with Gasteiger partial charge in [0.1, 0.15) is 17.0 Å². The number of hydrogen-bond donors (Lipinski definition) is 1. The van der Waals surface area contributed by atoms with Gasteiger partial charge in [0.25, 0.3) is 5.69 Å². The molecule has 0 amide bonds. The van der Waals surface area contributed by atoms with Gasteiger partial charge in [0.2, 0.25) is 0 Å². The number of nitro groups is 1. The summed E-state index contributed by atoms with van der Waals surface area (Å²) in [5.41, 5.74) is 6.52. The minimum Gasteiger partial charge on any atom is -0.402 e. The molecule has 1 atom stereocenters. The van der Waals surface area contributed by atoms with Crippen LogP contribution in [0.2, 0.25) is 0 Å². The molecule has 1 aromatic heterocycles. The van der Waals surface area contributed by atoms with Crippen LogP contribution in [0.1, 0.15) is 12.1 Å². The Morgan fingerprint density at radius 1 is 1.39 bits per heavy atom. The molecular weight excluding hydrogens is 391 g/mol. The van der Waals surface area contributed by atoms with Crippen molar-refractivity contribution in [1.82, 2.24) is 9.97 Å². The first-order valence-electron chi connectivity index (χ1n) is 6.43. The number of halogens is 3. The number of nitro benzene ring substituents is 1. The van der Waals surface area contributed by atoms with E-state index in [0.29, 0.717) is 16.6 Å². The third-order valence-electron chi connectivity index (χ3n) is 3.55. The van der Waals surface area contributed by atoms with Crippen LogP contribution in [0.15, 0.2) is 46.6 Å². The molecule has 6 nitrogen and oxygen atoms in total. The highest BCUT2D eigenvalue weighted by Crippen LogP contribution is 2.46. The molecule has 0 fully saturated rings. The van der Waals surface area contributed by atoms with Crippen LogP contribution in [0.4, 0.5) is 10.1 Å². The second-order valence-corrected chi connectivity index (χ2v) is 6.53. The second kappa shape index (κ2) is 5.54. The lowest BCUT2D eigenvalue weighted by Crippen LogP contribution is -2.26. The number of aromatic nitrogens is 2. The molecule has 0 aliphatic heterocycles. The number of benzene rings is 1. The quantitative estimate of drug-likeness (QED) is 0.470. The number of hydrogen-bond acceptors (Lipinski definition) is 5. The zero-order valence-electron chi connectivity index (χ0n) is 11.5. The Hall–Kier alpha value is -2.06. The van der Waals surface area contributed by atoms with E-state index in [1.165, 1.54) is 30.6 Å². The van der Waals surface area contributed by atoms with Crippen LogP contribution in [0.5, 0.6) is 0 Å². The maximum absolute atomic E-state index is 14.4. The summed E-state index contributed by atoms with van der Waals surface area (Å²) in [4.78, 5) is 17.1. The van der Waals surface area contributed by atoms with Crippen molar-refractivity contribution in [3.63, 3.8) is 0 Å². The zero-order valence-corrected chi connectivity index (χ0v) is 13.8. The molecule has 23 heavy (non-hydrogen) atoms. The third kappa shape index (κ3) is 2.57. The number of nitrogens with two attached hydrogens (primary N) is 1. The van der Waals surface area contributed by atoms with Gasteiger partial charge in [0, 0.05) is 23.6 Å². The molecule has 1 aliphatic carbocycles. The van der Waals surface area contributed by atoms with Crippen molar-refractivity contribution in [3.05, 3.63) is 62.4 Å². The van der Waals surface area contributed by atoms with Crippen LogP contribution in [-0.4, -0.2) is 14.9 Å². The van der Waals surface area contributed by atoms with Gasteiger partial charge in [0.05, 0.1) is 20.6 Å². The van der Waals surface area contributed by atoms with Crippen molar-refractivity contribution in [2.45, 2.75) is 11.3 Å². The molecule has 0 saturated heterocycles. The van der Waals surface area contributed by atoms with Gasteiger partial charge in [-0.25, -0.2) is 14.4 Å². The summed E-state index contributed by atoms with van der Waals surface area (Å²) in [6.45, 7) is 0. The molecule has 2 N–H and O–H groups in total. The predicted octanol–water partition coefficient (Wildman–Crippen LogP) is 3.83. The fraction of sp³-hybridized carbons (Fsp3) is 0.143. The topological polar surface area (TPSA) is 94.9 Å². The summed E-state index contributed by atoms with van der Waals surface area (Å²) in [6, 6.07) is 2.75. The van der Waals surface area contributed by atoms with Crippen molar-refractivity contribution in [2.24, 2.45) is 5.73 Å². The summed E-state index contributed by atoms with van der Waals surface area (Å²) >= 11 is 9.58. The Morgan fingerprint density at radius 3 is 2.83 bits per heavy atom. The molecule has 0 radical (unpaired) electrons. The average Bonchev–Trinajstić information content (AvgIpc) is 2.49. The van der Waals surface area contributed by atoms with Crippen molar-refractivity contribution < 1.29 is 9.31 Å². The fourth-order valence-electron chi connectivity index (χ4n) is 2.46. The van der Waals surface area contributed by atoms with Crippen LogP contribution in [0.25, 0.3) is 10.9 Å². The SMILES string of the molecule is NC1=CC=C(F)C(Cl)(c2ncnc3cc(Br)c([N+](=O)[O-])cc23)C1. The standard InChI is InChI=1S/C14H9BrClFN4O2/c15-9-4-10-8(3-11(9)21(22)23)13(20-6-19-10)14(16)5-7(18)1-2-12(14)17/h1-4,6H,5,18H2. The van der Waals surface area contributed by atoms with Crippen molar-refractivity contribution in [2.75, 3.05) is 0 Å². The van der Waals surface area contributed by atoms with Gasteiger partial charge in [-0.15, -0.1) is 11.6 Å². The summed E-state index contributed by atoms with van der Waals surface area (Å²) in [6.07, 6.45) is 3.85. The van der Waals surface area contributed by atoms with E-state index in [1.807, 2.05) is 0 Å². The normalized spacial score (nSPS) is 21.0. The monoisotopic (exact) mass is 398 g/mol. The van der Waals surface area contributed by atoms with E-state index in [0.717, 1.165) is 0 Å². The fourth-order valence-corrected chi connectivity index (χ4v) is 3.30. The van der Waals surface area contributed by atoms with Gasteiger partial charge < -0.3 is 5.73 Å². The first-order valence-corrected chi connectivity index (χ1v) is 7.60. The molecule has 9 heteroatoms. The van der Waals surface area contributed by atoms with E-state index < -0.39 is 15.6 Å². The summed E-state index contributed by atoms with van der Waals surface area (Å²) in [5, 5.41) is 11.4. The smallest absolute Gasteiger partial charge is 0.284 e. The van der Waals surface area contributed by atoms with Gasteiger partial charge in [-0.05, 0) is 34.1 Å². The molecular formula is C14H9BrClFN4O2. The lowest BCUT2D eigenvalue weighted by atomic mass is 9.90. The van der Waals surface area contributed by atoms with Crippen molar-refractivity contribution >= 4 is 44.1 Å². The Kier molecular flexibility index (Phi) is 3.81. The highest BCUT2D eigenvalue weighted by atomic mass is 79.9. The van der Waals surface area contributed by atoms with Gasteiger partial charge >= 0.3 is 0 Å². The molecule has 0 bridgehead atoms. The van der Waals surface area contributed by atoms with Crippen LogP contribution in [0, 0.1) is 10.1 Å². The minimum absolute atomic E-state index is 0.00681. The highest BCUT2D eigenvalue weighted by molar-refractivity contribution is 9.10. The molecule has 1 unspecified atom stereocenters. The third-order valence-corrected chi connectivity index (χ3v) is 4.67. The predicted molar refractivity (Wildman–Crippen MR) is 87.5 cm³/mol. The lowest BCUT2D eigenvalue weighted by molar-refractivity contribution is -0.385. The zero-order chi connectivity index (χ0) is 16.8. The average molecular weight is 400 g/mol. The summed E-state index contributed by atoms with van der Waals surface area (Å²) in [5.74, 6) is -0.626. The Balaban J connectivity index is 2.30. The summed E-state index contributed by atoms with van der Waals surface area (Å²) in [7, 11) is 0. The molecule has 3 rings (SSSR count). The molecule has 1 aromatic carbocycles. The van der Waals surface area contributed by atoms with Crippen molar-refractivity contribution in [3.8, 4) is 0 Å². The molecule has 0 spiro atoms. The maximum atomic E-state index is 14.4. The van der Waals surface area contributed by atoms with Crippen LogP contribution < -0.4 is 5.73 Å². The largest absolute Gasteiger partial charge is 0.402 e. The first-order chi connectivity index (χ1) is 10.8. The Morgan fingerprint density at radius 2 is 2.13 bits per heavy atom. The van der Waals surface area contributed by atoms with E-state index in [2.05, 4.69) is 25.9 Å². The van der Waals surface area contributed by atoms with Gasteiger partial charge in [-0.2, -0.15) is 0 Å². The van der Waals surface area contributed by atoms with E-state index in [-0.39, 0.29) is 22.3 Å². The van der Waals surface area contributed by atoms with Gasteiger partial charge in [0.15, 0.2) is 0 Å². The number of nitrogens with zero attached hydrogens (tertiary/aromatic N) is 3. The molecule has 118 valence electrons. The van der Waals surface area contributed by atoms with Crippen molar-refractivity contribution in [1.29, 1.82) is 0 Å². The maximum Gasteiger partial charge on any atom is 0.284 e. The molecule has 2 aromatic rings. The number of alkyl halides is 1. The lowest BCUT2D eigenvalue weighted by Gasteiger charge is -2.28. The van der Waals surface area contributed by atoms with E-state index in [4.69, 9.17) is 17.3 Å². The number of allylic oxidation sites excluding steroid dienone is 4. The molecule has 0 saturated carbocycles. The van der Waals surface area contributed by atoms with Gasteiger partial charge in [-0.1, -0.05) is 0 Å². The van der Waals surface area contributed by atoms with Crippen LogP contribution in [-0.2, 0) is 4.87 Å². The van der Waals surface area contributed by atoms with E-state index in [9.17, 15) is 14.5 Å². The summed E-state index contributed by atoms with van der Waals surface area (Å²) < 4.78 is 14.6. The Bertz CT molecular complexity index is 902. The Labute approximate surface area is 143 Å². The highest BCUT2D eigenvalue weighted by Gasteiger charge is 2.40. The van der Waals surface area contributed by atoms with E-state index >= 15 is 0 Å². The minimum atomic E-state index is -1.61. The molecule has 1 aliphatic rings. The van der Waals surface area contributed by atoms with Gasteiger partial charge in [-0.3, -0.25) is 10.1 Å². The van der Waals surface area contributed by atoms with Crippen LogP contribution in [0.3, 0.4) is 0 Å². The molecule has 1 heterocycles. The van der Waals surface area contributed by atoms with E-state index in [1.54, 1.807) is 0 Å². The number of rotatable bonds is 2. The first kappa shape index (κ1) is 15.8. The van der Waals surface area contributed by atoms with Crippen LogP contribution >= 0.6 is 27.5 Å². The second-order valence-electron chi connectivity index (χ2n) is 5.03. The number of fused-ring (bicyclic) bond motifs is 1.